The number of hydrogen-bond acceptors (Lipinski definition) is 3. The van der Waals surface area contributed by atoms with Crippen molar-refractivity contribution in [1.82, 2.24) is 4.90 Å². The first-order valence-corrected chi connectivity index (χ1v) is 5.84. The number of rotatable bonds is 4. The van der Waals surface area contributed by atoms with Crippen molar-refractivity contribution in [3.05, 3.63) is 24.2 Å². The van der Waals surface area contributed by atoms with Crippen molar-refractivity contribution in [3.8, 4) is 0 Å². The molecule has 1 N–H and O–H groups in total. The average molecular weight is 251 g/mol. The van der Waals surface area contributed by atoms with Crippen LogP contribution in [-0.4, -0.2) is 28.9 Å². The van der Waals surface area contributed by atoms with Crippen molar-refractivity contribution >= 4 is 11.9 Å². The molecule has 0 radical (unpaired) electrons. The minimum absolute atomic E-state index is 0.117. The third-order valence-corrected chi connectivity index (χ3v) is 3.74. The number of furan rings is 1. The van der Waals surface area contributed by atoms with Crippen LogP contribution in [0.4, 0.5) is 0 Å². The van der Waals surface area contributed by atoms with E-state index in [1.165, 1.54) is 0 Å². The standard InChI is InChI=1S/C13H17NO4/c1-13(2)9(10(13)12(16)17)11(15)14(3)6-8-4-5-18-7-8/h4-5,7,9-10H,6H2,1-3H3,(H,16,17). The first-order valence-electron chi connectivity index (χ1n) is 5.84. The maximum atomic E-state index is 12.2. The van der Waals surface area contributed by atoms with Crippen LogP contribution >= 0.6 is 0 Å². The van der Waals surface area contributed by atoms with Crippen molar-refractivity contribution < 1.29 is 19.1 Å². The van der Waals surface area contributed by atoms with Crippen molar-refractivity contribution in [2.45, 2.75) is 20.4 Å². The third kappa shape index (κ3) is 2.00. The zero-order valence-corrected chi connectivity index (χ0v) is 10.7. The van der Waals surface area contributed by atoms with Gasteiger partial charge in [-0.2, -0.15) is 0 Å². The van der Waals surface area contributed by atoms with Crippen LogP contribution in [0.2, 0.25) is 0 Å². The lowest BCUT2D eigenvalue weighted by molar-refractivity contribution is -0.141. The molecule has 1 aliphatic carbocycles. The first kappa shape index (κ1) is 12.7. The van der Waals surface area contributed by atoms with Gasteiger partial charge in [0.2, 0.25) is 5.91 Å². The second-order valence-electron chi connectivity index (χ2n) is 5.44. The van der Waals surface area contributed by atoms with Crippen LogP contribution in [0, 0.1) is 17.3 Å². The zero-order valence-electron chi connectivity index (χ0n) is 10.7. The number of aliphatic carboxylic acids is 1. The highest BCUT2D eigenvalue weighted by molar-refractivity contribution is 5.91. The number of carboxylic acid groups (broad SMARTS) is 1. The van der Waals surface area contributed by atoms with Crippen LogP contribution < -0.4 is 0 Å². The monoisotopic (exact) mass is 251 g/mol. The van der Waals surface area contributed by atoms with E-state index in [9.17, 15) is 9.59 Å². The van der Waals surface area contributed by atoms with Gasteiger partial charge in [0.05, 0.1) is 24.4 Å². The highest BCUT2D eigenvalue weighted by Crippen LogP contribution is 2.58. The maximum Gasteiger partial charge on any atom is 0.307 e. The molecule has 2 atom stereocenters. The van der Waals surface area contributed by atoms with Crippen molar-refractivity contribution in [3.63, 3.8) is 0 Å². The lowest BCUT2D eigenvalue weighted by Gasteiger charge is -2.16. The fraction of sp³-hybridized carbons (Fsp3) is 0.538. The Kier molecular flexibility index (Phi) is 2.92. The van der Waals surface area contributed by atoms with Crippen LogP contribution in [0.25, 0.3) is 0 Å². The summed E-state index contributed by atoms with van der Waals surface area (Å²) in [6, 6.07) is 1.79. The lowest BCUT2D eigenvalue weighted by atomic mass is 10.1. The van der Waals surface area contributed by atoms with E-state index in [1.807, 2.05) is 13.8 Å². The van der Waals surface area contributed by atoms with Gasteiger partial charge in [-0.05, 0) is 11.5 Å². The van der Waals surface area contributed by atoms with Gasteiger partial charge < -0.3 is 14.4 Å². The molecule has 2 rings (SSSR count). The number of carbonyl (C=O) groups is 2. The summed E-state index contributed by atoms with van der Waals surface area (Å²) in [7, 11) is 1.68. The molecule has 2 unspecified atom stereocenters. The zero-order chi connectivity index (χ0) is 13.5. The number of carboxylic acids is 1. The Hall–Kier alpha value is -1.78. The second kappa shape index (κ2) is 4.15. The molecule has 0 saturated heterocycles. The van der Waals surface area contributed by atoms with E-state index in [4.69, 9.17) is 9.52 Å². The minimum Gasteiger partial charge on any atom is -0.481 e. The molecule has 0 aliphatic heterocycles. The molecule has 18 heavy (non-hydrogen) atoms. The Morgan fingerprint density at radius 2 is 2.11 bits per heavy atom. The molecule has 1 heterocycles. The van der Waals surface area contributed by atoms with Crippen molar-refractivity contribution in [2.75, 3.05) is 7.05 Å². The van der Waals surface area contributed by atoms with Gasteiger partial charge >= 0.3 is 5.97 Å². The molecule has 5 nitrogen and oxygen atoms in total. The molecule has 1 amide bonds. The first-order chi connectivity index (χ1) is 8.35. The largest absolute Gasteiger partial charge is 0.481 e. The normalized spacial score (nSPS) is 24.6. The van der Waals surface area contributed by atoms with E-state index < -0.39 is 23.2 Å². The molecule has 0 spiro atoms. The number of carbonyl (C=O) groups excluding carboxylic acids is 1. The molecule has 1 saturated carbocycles. The Morgan fingerprint density at radius 3 is 2.56 bits per heavy atom. The summed E-state index contributed by atoms with van der Waals surface area (Å²) in [4.78, 5) is 24.8. The fourth-order valence-corrected chi connectivity index (χ4v) is 2.53. The van der Waals surface area contributed by atoms with Crippen LogP contribution in [0.5, 0.6) is 0 Å². The van der Waals surface area contributed by atoms with Gasteiger partial charge in [0.25, 0.3) is 0 Å². The highest BCUT2D eigenvalue weighted by atomic mass is 16.4. The second-order valence-corrected chi connectivity index (χ2v) is 5.44. The van der Waals surface area contributed by atoms with Gasteiger partial charge in [-0.3, -0.25) is 9.59 Å². The Morgan fingerprint density at radius 1 is 1.44 bits per heavy atom. The summed E-state index contributed by atoms with van der Waals surface area (Å²) in [6.07, 6.45) is 3.13. The van der Waals surface area contributed by atoms with Gasteiger partial charge in [-0.1, -0.05) is 13.8 Å². The van der Waals surface area contributed by atoms with E-state index >= 15 is 0 Å². The molecular formula is C13H17NO4. The molecule has 0 bridgehead atoms. The Bertz CT molecular complexity index is 463. The Labute approximate surface area is 105 Å². The average Bonchev–Trinajstić information content (AvgIpc) is 2.63. The quantitative estimate of drug-likeness (QED) is 0.882. The topological polar surface area (TPSA) is 70.8 Å². The summed E-state index contributed by atoms with van der Waals surface area (Å²) < 4.78 is 4.94. The minimum atomic E-state index is -0.893. The third-order valence-electron chi connectivity index (χ3n) is 3.74. The highest BCUT2D eigenvalue weighted by Gasteiger charge is 2.66. The van der Waals surface area contributed by atoms with Gasteiger partial charge in [0, 0.05) is 19.2 Å². The fourth-order valence-electron chi connectivity index (χ4n) is 2.53. The van der Waals surface area contributed by atoms with Crippen LogP contribution in [-0.2, 0) is 16.1 Å². The molecule has 1 fully saturated rings. The van der Waals surface area contributed by atoms with Crippen molar-refractivity contribution in [2.24, 2.45) is 17.3 Å². The van der Waals surface area contributed by atoms with Crippen LogP contribution in [0.1, 0.15) is 19.4 Å². The number of hydrogen-bond donors (Lipinski definition) is 1. The molecular weight excluding hydrogens is 234 g/mol. The SMILES string of the molecule is CN(Cc1ccoc1)C(=O)C1C(C(=O)O)C1(C)C. The van der Waals surface area contributed by atoms with Gasteiger partial charge in [-0.15, -0.1) is 0 Å². The summed E-state index contributed by atoms with van der Waals surface area (Å²) in [6.45, 7) is 4.08. The van der Waals surface area contributed by atoms with Crippen LogP contribution in [0.3, 0.4) is 0 Å². The van der Waals surface area contributed by atoms with E-state index in [1.54, 1.807) is 30.5 Å². The predicted octanol–water partition coefficient (Wildman–Crippen LogP) is 1.59. The predicted molar refractivity (Wildman–Crippen MR) is 63.6 cm³/mol. The summed E-state index contributed by atoms with van der Waals surface area (Å²) in [5, 5.41) is 9.06. The van der Waals surface area contributed by atoms with Gasteiger partial charge in [0.1, 0.15) is 0 Å². The molecule has 1 aromatic rings. The molecule has 1 aromatic heterocycles. The number of nitrogens with zero attached hydrogens (tertiary/aromatic N) is 1. The van der Waals surface area contributed by atoms with E-state index in [-0.39, 0.29) is 5.91 Å². The van der Waals surface area contributed by atoms with E-state index in [0.29, 0.717) is 6.54 Å². The van der Waals surface area contributed by atoms with E-state index in [0.717, 1.165) is 5.56 Å². The molecule has 1 aliphatic rings. The summed E-state index contributed by atoms with van der Waals surface area (Å²) in [5.41, 5.74) is 0.448. The molecule has 5 heteroatoms. The molecule has 98 valence electrons. The van der Waals surface area contributed by atoms with Gasteiger partial charge in [-0.25, -0.2) is 0 Å². The van der Waals surface area contributed by atoms with Crippen molar-refractivity contribution in [1.29, 1.82) is 0 Å². The van der Waals surface area contributed by atoms with Gasteiger partial charge in [0.15, 0.2) is 0 Å². The Balaban J connectivity index is 2.02. The number of amides is 1. The van der Waals surface area contributed by atoms with E-state index in [2.05, 4.69) is 0 Å². The van der Waals surface area contributed by atoms with Crippen LogP contribution in [0.15, 0.2) is 23.0 Å². The maximum absolute atomic E-state index is 12.2. The molecule has 0 aromatic carbocycles. The smallest absolute Gasteiger partial charge is 0.307 e. The summed E-state index contributed by atoms with van der Waals surface area (Å²) >= 11 is 0. The summed E-state index contributed by atoms with van der Waals surface area (Å²) in [5.74, 6) is -2.01. The lowest BCUT2D eigenvalue weighted by Crippen LogP contribution is -2.29.